The first kappa shape index (κ1) is 16.1. The van der Waals surface area contributed by atoms with Gasteiger partial charge < -0.3 is 5.32 Å². The molecule has 0 unspecified atom stereocenters. The van der Waals surface area contributed by atoms with Gasteiger partial charge in [0.1, 0.15) is 0 Å². The molecule has 24 heavy (non-hydrogen) atoms. The molecule has 4 rings (SSSR count). The number of para-hydroxylation sites is 1. The number of hydrogen-bond acceptors (Lipinski definition) is 6. The van der Waals surface area contributed by atoms with Crippen LogP contribution in [0.1, 0.15) is 0 Å². The molecule has 0 spiro atoms. The number of thioether (sulfide) groups is 1. The normalized spacial score (nSPS) is 11.1. The molecule has 4 aromatic rings. The second-order valence-corrected chi connectivity index (χ2v) is 8.65. The van der Waals surface area contributed by atoms with E-state index in [1.807, 2.05) is 12.1 Å². The molecular weight excluding hydrogens is 422 g/mol. The van der Waals surface area contributed by atoms with E-state index in [9.17, 15) is 0 Å². The Morgan fingerprint density at radius 3 is 2.67 bits per heavy atom. The van der Waals surface area contributed by atoms with Crippen molar-refractivity contribution in [1.82, 2.24) is 9.97 Å². The zero-order valence-corrected chi connectivity index (χ0v) is 16.7. The lowest BCUT2D eigenvalue weighted by molar-refractivity contribution is 1.35. The minimum atomic E-state index is 0.859. The smallest absolute Gasteiger partial charge is 0.190 e. The van der Waals surface area contributed by atoms with Crippen molar-refractivity contribution in [3.8, 4) is 11.3 Å². The summed E-state index contributed by atoms with van der Waals surface area (Å²) in [4.78, 5) is 10.6. The molecule has 1 N–H and O–H groups in total. The summed E-state index contributed by atoms with van der Waals surface area (Å²) >= 11 is 8.42. The van der Waals surface area contributed by atoms with Crippen molar-refractivity contribution in [1.29, 1.82) is 0 Å². The van der Waals surface area contributed by atoms with Crippen LogP contribution in [-0.4, -0.2) is 16.2 Å². The van der Waals surface area contributed by atoms with Crippen molar-refractivity contribution in [3.05, 3.63) is 52.3 Å². The van der Waals surface area contributed by atoms with E-state index in [1.54, 1.807) is 34.4 Å². The van der Waals surface area contributed by atoms with Gasteiger partial charge in [0.05, 0.1) is 15.9 Å². The van der Waals surface area contributed by atoms with Crippen LogP contribution in [0.5, 0.6) is 0 Å². The largest absolute Gasteiger partial charge is 0.307 e. The highest BCUT2D eigenvalue weighted by molar-refractivity contribution is 9.10. The van der Waals surface area contributed by atoms with Crippen LogP contribution in [-0.2, 0) is 0 Å². The Hall–Kier alpha value is -1.41. The van der Waals surface area contributed by atoms with Crippen LogP contribution < -0.4 is 5.32 Å². The quantitative estimate of drug-likeness (QED) is 0.365. The minimum absolute atomic E-state index is 0.859. The van der Waals surface area contributed by atoms with Gasteiger partial charge in [-0.15, -0.1) is 23.1 Å². The van der Waals surface area contributed by atoms with Gasteiger partial charge >= 0.3 is 0 Å². The summed E-state index contributed by atoms with van der Waals surface area (Å²) in [5.41, 5.74) is 3.14. The average molecular weight is 434 g/mol. The second kappa shape index (κ2) is 6.84. The third-order valence-electron chi connectivity index (χ3n) is 3.46. The number of hydrogen-bond donors (Lipinski definition) is 1. The molecule has 2 aromatic heterocycles. The lowest BCUT2D eigenvalue weighted by Crippen LogP contribution is -1.88. The van der Waals surface area contributed by atoms with E-state index in [0.29, 0.717) is 0 Å². The molecule has 0 aliphatic rings. The lowest BCUT2D eigenvalue weighted by atomic mass is 10.2. The van der Waals surface area contributed by atoms with Crippen LogP contribution in [0.2, 0.25) is 0 Å². The molecule has 7 heteroatoms. The highest BCUT2D eigenvalue weighted by atomic mass is 79.9. The summed E-state index contributed by atoms with van der Waals surface area (Å²) in [7, 11) is 0. The molecule has 0 saturated carbocycles. The third-order valence-corrected chi connectivity index (χ3v) is 6.45. The van der Waals surface area contributed by atoms with E-state index in [1.165, 1.54) is 9.60 Å². The van der Waals surface area contributed by atoms with Crippen molar-refractivity contribution in [3.63, 3.8) is 0 Å². The molecule has 3 nitrogen and oxygen atoms in total. The topological polar surface area (TPSA) is 37.8 Å². The molecule has 0 atom stereocenters. The van der Waals surface area contributed by atoms with E-state index in [2.05, 4.69) is 68.2 Å². The summed E-state index contributed by atoms with van der Waals surface area (Å²) in [6, 6.07) is 14.5. The van der Waals surface area contributed by atoms with Crippen molar-refractivity contribution in [2.24, 2.45) is 0 Å². The van der Waals surface area contributed by atoms with Gasteiger partial charge in [-0.1, -0.05) is 45.5 Å². The fraction of sp³-hybridized carbons (Fsp3) is 0.0588. The summed E-state index contributed by atoms with van der Waals surface area (Å²) in [6.45, 7) is 0. The minimum Gasteiger partial charge on any atom is -0.307 e. The maximum atomic E-state index is 4.72. The molecular formula is C17H12BrN3S3. The fourth-order valence-corrected chi connectivity index (χ4v) is 4.88. The van der Waals surface area contributed by atoms with Crippen LogP contribution in [0.25, 0.3) is 21.5 Å². The Balaban J connectivity index is 1.61. The van der Waals surface area contributed by atoms with Gasteiger partial charge in [0, 0.05) is 20.3 Å². The van der Waals surface area contributed by atoms with E-state index in [0.717, 1.165) is 31.5 Å². The molecule has 0 radical (unpaired) electrons. The van der Waals surface area contributed by atoms with Crippen molar-refractivity contribution < 1.29 is 0 Å². The van der Waals surface area contributed by atoms with Crippen LogP contribution in [0, 0.1) is 0 Å². The molecule has 0 aliphatic heterocycles. The fourth-order valence-electron chi connectivity index (χ4n) is 2.32. The highest BCUT2D eigenvalue weighted by Gasteiger charge is 2.10. The van der Waals surface area contributed by atoms with Gasteiger partial charge in [-0.3, -0.25) is 0 Å². The van der Waals surface area contributed by atoms with Crippen LogP contribution >= 0.6 is 50.4 Å². The molecule has 2 aromatic carbocycles. The van der Waals surface area contributed by atoms with Gasteiger partial charge in [0.2, 0.25) is 0 Å². The summed E-state index contributed by atoms with van der Waals surface area (Å²) < 4.78 is 2.26. The maximum Gasteiger partial charge on any atom is 0.190 e. The zero-order chi connectivity index (χ0) is 16.5. The molecule has 120 valence electrons. The van der Waals surface area contributed by atoms with Crippen LogP contribution in [0.15, 0.2) is 57.2 Å². The Labute approximate surface area is 160 Å². The van der Waals surface area contributed by atoms with E-state index < -0.39 is 0 Å². The second-order valence-electron chi connectivity index (χ2n) is 5.00. The summed E-state index contributed by atoms with van der Waals surface area (Å²) in [5, 5.41) is 7.14. The predicted molar refractivity (Wildman–Crippen MR) is 110 cm³/mol. The zero-order valence-electron chi connectivity index (χ0n) is 12.6. The number of anilines is 2. The first-order valence-corrected chi connectivity index (χ1v) is 10.9. The van der Waals surface area contributed by atoms with Crippen molar-refractivity contribution >= 4 is 70.8 Å². The Morgan fingerprint density at radius 1 is 1.04 bits per heavy atom. The van der Waals surface area contributed by atoms with Gasteiger partial charge in [0.25, 0.3) is 0 Å². The molecule has 0 saturated heterocycles. The number of halogens is 1. The number of nitrogens with zero attached hydrogens (tertiary/aromatic N) is 2. The van der Waals surface area contributed by atoms with Gasteiger partial charge in [-0.25, -0.2) is 9.97 Å². The van der Waals surface area contributed by atoms with Crippen molar-refractivity contribution in [2.45, 2.75) is 4.90 Å². The number of aromatic nitrogens is 2. The molecule has 0 aliphatic carbocycles. The number of fused-ring (bicyclic) bond motifs is 1. The number of rotatable bonds is 4. The molecule has 0 fully saturated rings. The molecule has 0 bridgehead atoms. The lowest BCUT2D eigenvalue weighted by Gasteiger charge is -1.97. The standard InChI is InChI=1S/C17H12BrN3S3/c1-22-13-3-2-4-14-15(13)20-17(24-14)21-16-19-12(9-23-16)10-5-7-11(18)8-6-10/h2-9H,1H3,(H,19,20,21). The Morgan fingerprint density at radius 2 is 1.88 bits per heavy atom. The number of nitrogens with one attached hydrogen (secondary N) is 1. The Bertz CT molecular complexity index is 992. The summed E-state index contributed by atoms with van der Waals surface area (Å²) in [6.07, 6.45) is 2.08. The Kier molecular flexibility index (Phi) is 4.58. The van der Waals surface area contributed by atoms with Gasteiger partial charge in [0.15, 0.2) is 10.3 Å². The molecule has 0 amide bonds. The van der Waals surface area contributed by atoms with E-state index in [4.69, 9.17) is 4.98 Å². The van der Waals surface area contributed by atoms with E-state index >= 15 is 0 Å². The number of thiazole rings is 2. The van der Waals surface area contributed by atoms with E-state index in [-0.39, 0.29) is 0 Å². The molecule has 2 heterocycles. The van der Waals surface area contributed by atoms with Crippen molar-refractivity contribution in [2.75, 3.05) is 11.6 Å². The maximum absolute atomic E-state index is 4.72. The van der Waals surface area contributed by atoms with Crippen LogP contribution in [0.4, 0.5) is 10.3 Å². The van der Waals surface area contributed by atoms with Gasteiger partial charge in [-0.05, 0) is 30.5 Å². The first-order valence-electron chi connectivity index (χ1n) is 7.15. The average Bonchev–Trinajstić information content (AvgIpc) is 3.22. The summed E-state index contributed by atoms with van der Waals surface area (Å²) in [5.74, 6) is 0. The monoisotopic (exact) mass is 433 g/mol. The highest BCUT2D eigenvalue weighted by Crippen LogP contribution is 2.35. The first-order chi connectivity index (χ1) is 11.7. The van der Waals surface area contributed by atoms with Crippen LogP contribution in [0.3, 0.4) is 0 Å². The SMILES string of the molecule is CSc1cccc2sc(Nc3nc(-c4ccc(Br)cc4)cs3)nc12. The number of benzene rings is 2. The predicted octanol–water partition coefficient (Wildman–Crippen LogP) is 6.65. The van der Waals surface area contributed by atoms with Gasteiger partial charge in [-0.2, -0.15) is 0 Å². The third kappa shape index (κ3) is 3.21.